The molecule has 1 aromatic rings. The van der Waals surface area contributed by atoms with Crippen molar-refractivity contribution in [1.82, 2.24) is 4.98 Å². The zero-order chi connectivity index (χ0) is 10.6. The van der Waals surface area contributed by atoms with Crippen LogP contribution in [0.15, 0.2) is 18.3 Å². The summed E-state index contributed by atoms with van der Waals surface area (Å²) in [6, 6.07) is 3.88. The Kier molecular flexibility index (Phi) is 3.89. The number of nitrogens with zero attached hydrogens (tertiary/aromatic N) is 2. The molecule has 0 aliphatic rings. The summed E-state index contributed by atoms with van der Waals surface area (Å²) >= 11 is 0. The highest BCUT2D eigenvalue weighted by molar-refractivity contribution is 5.44. The van der Waals surface area contributed by atoms with Gasteiger partial charge < -0.3 is 10.0 Å². The summed E-state index contributed by atoms with van der Waals surface area (Å²) in [6.45, 7) is 7.91. The third kappa shape index (κ3) is 2.45. The number of hydrogen-bond acceptors (Lipinski definition) is 3. The largest absolute Gasteiger partial charge is 0.387 e. The predicted octanol–water partition coefficient (Wildman–Crippen LogP) is 1.98. The summed E-state index contributed by atoms with van der Waals surface area (Å²) in [7, 11) is 0. The molecule has 1 atom stereocenters. The van der Waals surface area contributed by atoms with Gasteiger partial charge >= 0.3 is 0 Å². The van der Waals surface area contributed by atoms with E-state index < -0.39 is 6.10 Å². The Morgan fingerprint density at radius 1 is 1.36 bits per heavy atom. The van der Waals surface area contributed by atoms with E-state index in [-0.39, 0.29) is 0 Å². The van der Waals surface area contributed by atoms with Crippen molar-refractivity contribution < 1.29 is 5.11 Å². The van der Waals surface area contributed by atoms with Crippen LogP contribution in [-0.4, -0.2) is 23.2 Å². The zero-order valence-corrected chi connectivity index (χ0v) is 9.07. The number of pyridine rings is 1. The highest BCUT2D eigenvalue weighted by Crippen LogP contribution is 2.15. The van der Waals surface area contributed by atoms with E-state index in [9.17, 15) is 5.11 Å². The smallest absolute Gasteiger partial charge is 0.0931 e. The fourth-order valence-corrected chi connectivity index (χ4v) is 1.42. The molecule has 0 bridgehead atoms. The molecule has 14 heavy (non-hydrogen) atoms. The van der Waals surface area contributed by atoms with E-state index in [2.05, 4.69) is 23.7 Å². The summed E-state index contributed by atoms with van der Waals surface area (Å²) < 4.78 is 0. The topological polar surface area (TPSA) is 36.4 Å². The SMILES string of the molecule is CCN(CC)c1ccc([C@@H](C)O)nc1. The highest BCUT2D eigenvalue weighted by atomic mass is 16.3. The molecule has 0 saturated heterocycles. The maximum Gasteiger partial charge on any atom is 0.0931 e. The molecule has 1 aromatic heterocycles. The molecular weight excluding hydrogens is 176 g/mol. The third-order valence-corrected chi connectivity index (χ3v) is 2.33. The molecule has 1 N–H and O–H groups in total. The first-order chi connectivity index (χ1) is 6.69. The van der Waals surface area contributed by atoms with Crippen LogP contribution >= 0.6 is 0 Å². The van der Waals surface area contributed by atoms with Crippen molar-refractivity contribution in [3.8, 4) is 0 Å². The van der Waals surface area contributed by atoms with Crippen molar-refractivity contribution in [3.63, 3.8) is 0 Å². The van der Waals surface area contributed by atoms with Crippen LogP contribution in [0.1, 0.15) is 32.6 Å². The van der Waals surface area contributed by atoms with Crippen molar-refractivity contribution in [2.75, 3.05) is 18.0 Å². The van der Waals surface area contributed by atoms with E-state index in [0.29, 0.717) is 0 Å². The molecule has 0 aliphatic carbocycles. The zero-order valence-electron chi connectivity index (χ0n) is 9.07. The summed E-state index contributed by atoms with van der Waals surface area (Å²) in [5.74, 6) is 0. The molecule has 0 radical (unpaired) electrons. The van der Waals surface area contributed by atoms with E-state index in [1.54, 1.807) is 6.92 Å². The van der Waals surface area contributed by atoms with Crippen LogP contribution in [0.5, 0.6) is 0 Å². The van der Waals surface area contributed by atoms with E-state index in [1.807, 2.05) is 18.3 Å². The second-order valence-electron chi connectivity index (χ2n) is 3.29. The lowest BCUT2D eigenvalue weighted by Crippen LogP contribution is -2.21. The lowest BCUT2D eigenvalue weighted by Gasteiger charge is -2.20. The first-order valence-electron chi connectivity index (χ1n) is 5.08. The van der Waals surface area contributed by atoms with Crippen molar-refractivity contribution in [2.45, 2.75) is 26.9 Å². The van der Waals surface area contributed by atoms with E-state index in [0.717, 1.165) is 24.5 Å². The average molecular weight is 194 g/mol. The van der Waals surface area contributed by atoms with Gasteiger partial charge in [-0.1, -0.05) is 0 Å². The van der Waals surface area contributed by atoms with Gasteiger partial charge in [0, 0.05) is 13.1 Å². The second-order valence-corrected chi connectivity index (χ2v) is 3.29. The summed E-state index contributed by atoms with van der Waals surface area (Å²) in [6.07, 6.45) is 1.33. The van der Waals surface area contributed by atoms with Gasteiger partial charge in [0.05, 0.1) is 23.7 Å². The molecule has 0 fully saturated rings. The maximum atomic E-state index is 9.29. The number of anilines is 1. The summed E-state index contributed by atoms with van der Waals surface area (Å²) in [5, 5.41) is 9.29. The van der Waals surface area contributed by atoms with Gasteiger partial charge in [0.15, 0.2) is 0 Å². The lowest BCUT2D eigenvalue weighted by atomic mass is 10.2. The standard InChI is InChI=1S/C11H18N2O/c1-4-13(5-2)10-6-7-11(9(3)14)12-8-10/h6-9,14H,4-5H2,1-3H3/t9-/m1/s1. The van der Waals surface area contributed by atoms with Crippen LogP contribution in [0.4, 0.5) is 5.69 Å². The molecule has 1 heterocycles. The molecule has 78 valence electrons. The normalized spacial score (nSPS) is 12.6. The van der Waals surface area contributed by atoms with Gasteiger partial charge in [-0.05, 0) is 32.9 Å². The monoisotopic (exact) mass is 194 g/mol. The number of hydrogen-bond donors (Lipinski definition) is 1. The molecule has 0 amide bonds. The average Bonchev–Trinajstić information content (AvgIpc) is 2.20. The molecule has 0 unspecified atom stereocenters. The second kappa shape index (κ2) is 4.96. The first-order valence-corrected chi connectivity index (χ1v) is 5.08. The van der Waals surface area contributed by atoms with Crippen LogP contribution in [0.3, 0.4) is 0 Å². The summed E-state index contributed by atoms with van der Waals surface area (Å²) in [4.78, 5) is 6.42. The van der Waals surface area contributed by atoms with Gasteiger partial charge in [-0.25, -0.2) is 0 Å². The molecule has 0 saturated carbocycles. The van der Waals surface area contributed by atoms with Crippen molar-refractivity contribution in [3.05, 3.63) is 24.0 Å². The van der Waals surface area contributed by atoms with Crippen LogP contribution in [0, 0.1) is 0 Å². The molecule has 3 nitrogen and oxygen atoms in total. The van der Waals surface area contributed by atoms with Gasteiger partial charge in [-0.2, -0.15) is 0 Å². The van der Waals surface area contributed by atoms with Crippen molar-refractivity contribution in [1.29, 1.82) is 0 Å². The number of aromatic nitrogens is 1. The fraction of sp³-hybridized carbons (Fsp3) is 0.545. The number of rotatable bonds is 4. The maximum absolute atomic E-state index is 9.29. The minimum absolute atomic E-state index is 0.485. The number of aliphatic hydroxyl groups is 1. The lowest BCUT2D eigenvalue weighted by molar-refractivity contribution is 0.194. The van der Waals surface area contributed by atoms with Crippen LogP contribution in [0.2, 0.25) is 0 Å². The number of aliphatic hydroxyl groups excluding tert-OH is 1. The fourth-order valence-electron chi connectivity index (χ4n) is 1.42. The molecule has 1 rings (SSSR count). The molecule has 0 aromatic carbocycles. The predicted molar refractivity (Wildman–Crippen MR) is 58.4 cm³/mol. The van der Waals surface area contributed by atoms with Crippen LogP contribution < -0.4 is 4.90 Å². The van der Waals surface area contributed by atoms with Crippen molar-refractivity contribution >= 4 is 5.69 Å². The summed E-state index contributed by atoms with van der Waals surface area (Å²) in [5.41, 5.74) is 1.83. The van der Waals surface area contributed by atoms with Crippen LogP contribution in [-0.2, 0) is 0 Å². The van der Waals surface area contributed by atoms with Gasteiger partial charge in [-0.3, -0.25) is 4.98 Å². The quantitative estimate of drug-likeness (QED) is 0.796. The molecule has 3 heteroatoms. The van der Waals surface area contributed by atoms with Crippen LogP contribution in [0.25, 0.3) is 0 Å². The van der Waals surface area contributed by atoms with Crippen molar-refractivity contribution in [2.24, 2.45) is 0 Å². The van der Waals surface area contributed by atoms with E-state index >= 15 is 0 Å². The Bertz CT molecular complexity index is 265. The minimum atomic E-state index is -0.485. The molecular formula is C11H18N2O. The Morgan fingerprint density at radius 2 is 2.00 bits per heavy atom. The van der Waals surface area contributed by atoms with Gasteiger partial charge in [0.25, 0.3) is 0 Å². The highest BCUT2D eigenvalue weighted by Gasteiger charge is 2.04. The Labute approximate surface area is 85.4 Å². The van der Waals surface area contributed by atoms with E-state index in [4.69, 9.17) is 0 Å². The Morgan fingerprint density at radius 3 is 2.36 bits per heavy atom. The van der Waals surface area contributed by atoms with Gasteiger partial charge in [-0.15, -0.1) is 0 Å². The Hall–Kier alpha value is -1.09. The van der Waals surface area contributed by atoms with Gasteiger partial charge in [0.2, 0.25) is 0 Å². The third-order valence-electron chi connectivity index (χ3n) is 2.33. The first kappa shape index (κ1) is 11.0. The van der Waals surface area contributed by atoms with E-state index in [1.165, 1.54) is 0 Å². The minimum Gasteiger partial charge on any atom is -0.387 e. The molecule has 0 aliphatic heterocycles. The molecule has 0 spiro atoms. The van der Waals surface area contributed by atoms with Gasteiger partial charge in [0.1, 0.15) is 0 Å². The Balaban J connectivity index is 2.81.